The van der Waals surface area contributed by atoms with Gasteiger partial charge < -0.3 is 5.32 Å². The van der Waals surface area contributed by atoms with Crippen molar-refractivity contribution in [3.05, 3.63) is 0 Å². The van der Waals surface area contributed by atoms with Crippen LogP contribution in [0.2, 0.25) is 0 Å². The Morgan fingerprint density at radius 2 is 1.68 bits per heavy atom. The number of nitrogens with one attached hydrogen (secondary N) is 1. The summed E-state index contributed by atoms with van der Waals surface area (Å²) in [5.74, 6) is 1.88. The molecule has 1 aliphatic carbocycles. The number of nitrogens with zero attached hydrogens (tertiary/aromatic N) is 1. The van der Waals surface area contributed by atoms with Crippen molar-refractivity contribution in [3.63, 3.8) is 0 Å². The highest BCUT2D eigenvalue weighted by molar-refractivity contribution is 4.99. The lowest BCUT2D eigenvalue weighted by Gasteiger charge is -2.47. The highest BCUT2D eigenvalue weighted by atomic mass is 15.2. The minimum atomic E-state index is 0.314. The molecule has 1 N–H and O–H groups in total. The number of rotatable bonds is 5. The van der Waals surface area contributed by atoms with E-state index in [9.17, 15) is 0 Å². The van der Waals surface area contributed by atoms with Crippen LogP contribution in [0.1, 0.15) is 65.7 Å². The molecule has 2 heteroatoms. The van der Waals surface area contributed by atoms with Crippen LogP contribution < -0.4 is 5.32 Å². The van der Waals surface area contributed by atoms with E-state index in [4.69, 9.17) is 0 Å². The van der Waals surface area contributed by atoms with Crippen LogP contribution in [0, 0.1) is 11.8 Å². The predicted molar refractivity (Wildman–Crippen MR) is 83.5 cm³/mol. The Balaban J connectivity index is 1.98. The summed E-state index contributed by atoms with van der Waals surface area (Å²) in [5.41, 5.74) is 0.314. The van der Waals surface area contributed by atoms with Gasteiger partial charge in [-0.3, -0.25) is 4.90 Å². The lowest BCUT2D eigenvalue weighted by Crippen LogP contribution is -2.59. The largest absolute Gasteiger partial charge is 0.315 e. The third-order valence-electron chi connectivity index (χ3n) is 5.93. The first kappa shape index (κ1) is 15.3. The number of hydrogen-bond acceptors (Lipinski definition) is 2. The number of likely N-dealkylation sites (tertiary alicyclic amines) is 1. The van der Waals surface area contributed by atoms with Gasteiger partial charge in [0.25, 0.3) is 0 Å². The molecule has 0 aromatic carbocycles. The summed E-state index contributed by atoms with van der Waals surface area (Å²) in [5, 5.41) is 3.68. The molecule has 2 rings (SSSR count). The maximum atomic E-state index is 3.68. The molecule has 2 nitrogen and oxygen atoms in total. The molecule has 1 atom stereocenters. The molecule has 0 amide bonds. The van der Waals surface area contributed by atoms with E-state index >= 15 is 0 Å². The first-order chi connectivity index (χ1) is 9.09. The van der Waals surface area contributed by atoms with Gasteiger partial charge >= 0.3 is 0 Å². The van der Waals surface area contributed by atoms with Gasteiger partial charge in [-0.15, -0.1) is 0 Å². The van der Waals surface area contributed by atoms with Gasteiger partial charge in [-0.25, -0.2) is 0 Å². The van der Waals surface area contributed by atoms with Crippen LogP contribution in [0.3, 0.4) is 0 Å². The minimum Gasteiger partial charge on any atom is -0.315 e. The first-order valence-electron chi connectivity index (χ1n) is 8.52. The smallest absolute Gasteiger partial charge is 0.0308 e. The van der Waals surface area contributed by atoms with E-state index in [0.717, 1.165) is 11.8 Å². The second kappa shape index (κ2) is 6.58. The summed E-state index contributed by atoms with van der Waals surface area (Å²) in [6, 6.07) is 0.656. The summed E-state index contributed by atoms with van der Waals surface area (Å²) in [7, 11) is 2.17. The molecule has 1 saturated heterocycles. The monoisotopic (exact) mass is 266 g/mol. The van der Waals surface area contributed by atoms with Crippen LogP contribution in [-0.2, 0) is 0 Å². The summed E-state index contributed by atoms with van der Waals surface area (Å²) in [4.78, 5) is 2.72. The van der Waals surface area contributed by atoms with E-state index in [0.29, 0.717) is 11.6 Å². The Bertz CT molecular complexity index is 260. The zero-order valence-corrected chi connectivity index (χ0v) is 13.5. The van der Waals surface area contributed by atoms with Crippen molar-refractivity contribution in [2.75, 3.05) is 20.1 Å². The zero-order valence-electron chi connectivity index (χ0n) is 13.5. The van der Waals surface area contributed by atoms with E-state index in [1.165, 1.54) is 58.0 Å². The number of likely N-dealkylation sites (N-methyl/N-ethyl adjacent to an activating group) is 1. The quantitative estimate of drug-likeness (QED) is 0.817. The van der Waals surface area contributed by atoms with Crippen LogP contribution >= 0.6 is 0 Å². The van der Waals surface area contributed by atoms with Crippen molar-refractivity contribution in [3.8, 4) is 0 Å². The molecule has 1 aliphatic heterocycles. The van der Waals surface area contributed by atoms with Gasteiger partial charge in [-0.1, -0.05) is 26.2 Å². The zero-order chi connectivity index (χ0) is 13.9. The SMILES string of the molecule is CCC1CCC(C(NC)C(C)(C)N2CCCC2)CC1. The lowest BCUT2D eigenvalue weighted by molar-refractivity contribution is 0.0632. The van der Waals surface area contributed by atoms with Crippen molar-refractivity contribution in [1.29, 1.82) is 0 Å². The molecule has 0 aromatic heterocycles. The molecular formula is C17H34N2. The Hall–Kier alpha value is -0.0800. The lowest BCUT2D eigenvalue weighted by atomic mass is 9.72. The van der Waals surface area contributed by atoms with Gasteiger partial charge in [-0.2, -0.15) is 0 Å². The van der Waals surface area contributed by atoms with Gasteiger partial charge in [-0.05, 0) is 71.5 Å². The summed E-state index contributed by atoms with van der Waals surface area (Å²) in [6.45, 7) is 9.89. The fraction of sp³-hybridized carbons (Fsp3) is 1.00. The van der Waals surface area contributed by atoms with E-state index < -0.39 is 0 Å². The molecule has 0 spiro atoms. The van der Waals surface area contributed by atoms with E-state index in [2.05, 4.69) is 38.0 Å². The van der Waals surface area contributed by atoms with Gasteiger partial charge in [0.15, 0.2) is 0 Å². The molecule has 2 fully saturated rings. The van der Waals surface area contributed by atoms with E-state index in [-0.39, 0.29) is 0 Å². The Kier molecular flexibility index (Phi) is 5.30. The highest BCUT2D eigenvalue weighted by Gasteiger charge is 2.40. The average molecular weight is 266 g/mol. The van der Waals surface area contributed by atoms with Crippen molar-refractivity contribution in [1.82, 2.24) is 10.2 Å². The fourth-order valence-electron chi connectivity index (χ4n) is 4.59. The minimum absolute atomic E-state index is 0.314. The van der Waals surface area contributed by atoms with Crippen molar-refractivity contribution >= 4 is 0 Å². The van der Waals surface area contributed by atoms with Gasteiger partial charge in [0, 0.05) is 11.6 Å². The van der Waals surface area contributed by atoms with E-state index in [1.807, 2.05) is 0 Å². The Morgan fingerprint density at radius 3 is 2.16 bits per heavy atom. The Morgan fingerprint density at radius 1 is 1.11 bits per heavy atom. The molecule has 19 heavy (non-hydrogen) atoms. The first-order valence-corrected chi connectivity index (χ1v) is 8.52. The maximum Gasteiger partial charge on any atom is 0.0308 e. The van der Waals surface area contributed by atoms with Gasteiger partial charge in [0.2, 0.25) is 0 Å². The van der Waals surface area contributed by atoms with Crippen molar-refractivity contribution in [2.24, 2.45) is 11.8 Å². The maximum absolute atomic E-state index is 3.68. The summed E-state index contributed by atoms with van der Waals surface area (Å²) in [6.07, 6.45) is 9.94. The molecule has 0 aromatic rings. The molecular weight excluding hydrogens is 232 g/mol. The summed E-state index contributed by atoms with van der Waals surface area (Å²) >= 11 is 0. The molecule has 112 valence electrons. The van der Waals surface area contributed by atoms with Crippen LogP contribution in [0.15, 0.2) is 0 Å². The van der Waals surface area contributed by atoms with E-state index in [1.54, 1.807) is 0 Å². The molecule has 1 unspecified atom stereocenters. The highest BCUT2D eigenvalue weighted by Crippen LogP contribution is 2.37. The van der Waals surface area contributed by atoms with Gasteiger partial charge in [0.05, 0.1) is 0 Å². The van der Waals surface area contributed by atoms with Crippen molar-refractivity contribution in [2.45, 2.75) is 77.3 Å². The summed E-state index contributed by atoms with van der Waals surface area (Å²) < 4.78 is 0. The molecule has 2 aliphatic rings. The molecule has 1 heterocycles. The number of hydrogen-bond donors (Lipinski definition) is 1. The second-order valence-corrected chi connectivity index (χ2v) is 7.30. The molecule has 0 radical (unpaired) electrons. The Labute approximate surface area is 120 Å². The standard InChI is InChI=1S/C17H34N2/c1-5-14-8-10-15(11-9-14)16(18-4)17(2,3)19-12-6-7-13-19/h14-16,18H,5-13H2,1-4H3. The third-order valence-corrected chi connectivity index (χ3v) is 5.93. The average Bonchev–Trinajstić information content (AvgIpc) is 2.95. The van der Waals surface area contributed by atoms with Crippen LogP contribution in [0.5, 0.6) is 0 Å². The van der Waals surface area contributed by atoms with Crippen LogP contribution in [0.25, 0.3) is 0 Å². The van der Waals surface area contributed by atoms with Crippen LogP contribution in [0.4, 0.5) is 0 Å². The molecule has 0 bridgehead atoms. The molecule has 1 saturated carbocycles. The third kappa shape index (κ3) is 3.33. The van der Waals surface area contributed by atoms with Crippen molar-refractivity contribution < 1.29 is 0 Å². The fourth-order valence-corrected chi connectivity index (χ4v) is 4.59. The van der Waals surface area contributed by atoms with Crippen LogP contribution in [-0.4, -0.2) is 36.6 Å². The predicted octanol–water partition coefficient (Wildman–Crippen LogP) is 3.67. The normalized spacial score (nSPS) is 31.6. The van der Waals surface area contributed by atoms with Gasteiger partial charge in [0.1, 0.15) is 0 Å². The second-order valence-electron chi connectivity index (χ2n) is 7.30. The topological polar surface area (TPSA) is 15.3 Å².